The minimum absolute atomic E-state index is 0. The molecule has 1 fully saturated rings. The van der Waals surface area contributed by atoms with Gasteiger partial charge in [-0.1, -0.05) is 0 Å². The summed E-state index contributed by atoms with van der Waals surface area (Å²) in [7, 11) is 3.89. The molecule has 0 atom stereocenters. The van der Waals surface area contributed by atoms with Crippen LogP contribution in [0, 0.1) is 0 Å². The van der Waals surface area contributed by atoms with E-state index < -0.39 is 0 Å². The van der Waals surface area contributed by atoms with E-state index in [1.165, 1.54) is 45.6 Å². The first kappa shape index (κ1) is 25.8. The number of ether oxygens (including phenoxy) is 2. The van der Waals surface area contributed by atoms with E-state index in [-0.39, 0.29) is 24.0 Å². The molecule has 0 aromatic carbocycles. The number of hydrogen-bond acceptors (Lipinski definition) is 5. The number of guanidine groups is 1. The fourth-order valence-corrected chi connectivity index (χ4v) is 2.68. The molecule has 2 N–H and O–H groups in total. The van der Waals surface area contributed by atoms with Crippen molar-refractivity contribution < 1.29 is 9.47 Å². The first-order valence-electron chi connectivity index (χ1n) is 9.76. The highest BCUT2D eigenvalue weighted by Gasteiger charge is 2.12. The molecule has 8 heteroatoms. The van der Waals surface area contributed by atoms with E-state index in [0.29, 0.717) is 13.2 Å². The normalized spacial score (nSPS) is 16.3. The Balaban J connectivity index is 0.00000625. The van der Waals surface area contributed by atoms with Crippen LogP contribution >= 0.6 is 24.0 Å². The Kier molecular flexibility index (Phi) is 18.1. The van der Waals surface area contributed by atoms with Gasteiger partial charge in [-0.05, 0) is 39.8 Å². The van der Waals surface area contributed by atoms with Gasteiger partial charge in [-0.3, -0.25) is 4.99 Å². The molecular formula is C18H40IN5O2. The van der Waals surface area contributed by atoms with Crippen molar-refractivity contribution in [2.75, 3.05) is 86.3 Å². The SMILES string of the molecule is CCNC(=NCCCOCCOC)NCCCCN1CCN(C)CC1.I. The number of nitrogens with zero attached hydrogens (tertiary/aromatic N) is 3. The van der Waals surface area contributed by atoms with Crippen molar-refractivity contribution in [3.8, 4) is 0 Å². The highest BCUT2D eigenvalue weighted by molar-refractivity contribution is 14.0. The number of nitrogens with one attached hydrogen (secondary N) is 2. The molecule has 7 nitrogen and oxygen atoms in total. The lowest BCUT2D eigenvalue weighted by atomic mass is 10.2. The number of rotatable bonds is 13. The lowest BCUT2D eigenvalue weighted by Gasteiger charge is -2.32. The van der Waals surface area contributed by atoms with Crippen LogP contribution in [0.2, 0.25) is 0 Å². The summed E-state index contributed by atoms with van der Waals surface area (Å²) in [4.78, 5) is 9.57. The molecule has 0 aromatic heterocycles. The van der Waals surface area contributed by atoms with E-state index in [2.05, 4.69) is 39.4 Å². The maximum Gasteiger partial charge on any atom is 0.191 e. The summed E-state index contributed by atoms with van der Waals surface area (Å²) in [5, 5.41) is 6.73. The van der Waals surface area contributed by atoms with Crippen LogP contribution in [-0.2, 0) is 9.47 Å². The van der Waals surface area contributed by atoms with Crippen LogP contribution in [0.1, 0.15) is 26.2 Å². The maximum absolute atomic E-state index is 5.45. The van der Waals surface area contributed by atoms with Gasteiger partial charge >= 0.3 is 0 Å². The van der Waals surface area contributed by atoms with E-state index in [1.54, 1.807) is 7.11 Å². The quantitative estimate of drug-likeness (QED) is 0.177. The van der Waals surface area contributed by atoms with E-state index in [0.717, 1.165) is 38.6 Å². The van der Waals surface area contributed by atoms with Crippen molar-refractivity contribution in [1.29, 1.82) is 0 Å². The molecule has 0 bridgehead atoms. The molecule has 0 spiro atoms. The molecule has 0 saturated carbocycles. The van der Waals surface area contributed by atoms with Crippen molar-refractivity contribution >= 4 is 29.9 Å². The van der Waals surface area contributed by atoms with E-state index >= 15 is 0 Å². The summed E-state index contributed by atoms with van der Waals surface area (Å²) in [6, 6.07) is 0. The summed E-state index contributed by atoms with van der Waals surface area (Å²) in [5.74, 6) is 0.916. The molecule has 0 aliphatic carbocycles. The zero-order chi connectivity index (χ0) is 18.2. The van der Waals surface area contributed by atoms with Gasteiger partial charge in [0.05, 0.1) is 13.2 Å². The molecule has 0 unspecified atom stereocenters. The third-order valence-corrected chi connectivity index (χ3v) is 4.28. The average molecular weight is 485 g/mol. The minimum atomic E-state index is 0. The molecule has 1 heterocycles. The van der Waals surface area contributed by atoms with Gasteiger partial charge < -0.3 is 29.9 Å². The van der Waals surface area contributed by atoms with Gasteiger partial charge in [-0.15, -0.1) is 24.0 Å². The average Bonchev–Trinajstić information content (AvgIpc) is 2.62. The van der Waals surface area contributed by atoms with Crippen molar-refractivity contribution in [2.45, 2.75) is 26.2 Å². The number of likely N-dealkylation sites (N-methyl/N-ethyl adjacent to an activating group) is 1. The third-order valence-electron chi connectivity index (χ3n) is 4.28. The Morgan fingerprint density at radius 1 is 1.00 bits per heavy atom. The molecule has 0 radical (unpaired) electrons. The number of aliphatic imine (C=N–C) groups is 1. The summed E-state index contributed by atoms with van der Waals surface area (Å²) < 4.78 is 10.4. The molecule has 0 aromatic rings. The van der Waals surface area contributed by atoms with Crippen molar-refractivity contribution in [2.24, 2.45) is 4.99 Å². The van der Waals surface area contributed by atoms with Crippen LogP contribution in [0.15, 0.2) is 4.99 Å². The fraction of sp³-hybridized carbons (Fsp3) is 0.944. The van der Waals surface area contributed by atoms with Crippen molar-refractivity contribution in [3.05, 3.63) is 0 Å². The predicted octanol–water partition coefficient (Wildman–Crippen LogP) is 1.24. The Bertz CT molecular complexity index is 340. The zero-order valence-corrected chi connectivity index (χ0v) is 19.3. The number of methoxy groups -OCH3 is 1. The monoisotopic (exact) mass is 485 g/mol. The minimum Gasteiger partial charge on any atom is -0.382 e. The lowest BCUT2D eigenvalue weighted by molar-refractivity contribution is 0.0702. The number of hydrogen-bond donors (Lipinski definition) is 2. The standard InChI is InChI=1S/C18H39N5O2.HI/c1-4-19-18(21-9-7-15-25-17-16-24-3)20-8-5-6-10-23-13-11-22(2)12-14-23;/h4-17H2,1-3H3,(H2,19,20,21);1H. The summed E-state index contributed by atoms with van der Waals surface area (Å²) in [6.07, 6.45) is 3.35. The topological polar surface area (TPSA) is 61.4 Å². The summed E-state index contributed by atoms with van der Waals surface area (Å²) in [6.45, 7) is 12.8. The second-order valence-electron chi connectivity index (χ2n) is 6.50. The van der Waals surface area contributed by atoms with Gasteiger partial charge in [0.25, 0.3) is 0 Å². The zero-order valence-electron chi connectivity index (χ0n) is 17.0. The molecule has 1 rings (SSSR count). The van der Waals surface area contributed by atoms with E-state index in [9.17, 15) is 0 Å². The molecule has 0 amide bonds. The van der Waals surface area contributed by atoms with Crippen molar-refractivity contribution in [1.82, 2.24) is 20.4 Å². The van der Waals surface area contributed by atoms with E-state index in [4.69, 9.17) is 9.47 Å². The Hall–Kier alpha value is -0.160. The van der Waals surface area contributed by atoms with Gasteiger partial charge in [0.1, 0.15) is 0 Å². The second kappa shape index (κ2) is 18.2. The lowest BCUT2D eigenvalue weighted by Crippen LogP contribution is -2.44. The molecule has 1 aliphatic rings. The predicted molar refractivity (Wildman–Crippen MR) is 120 cm³/mol. The molecule has 1 saturated heterocycles. The Morgan fingerprint density at radius 2 is 1.77 bits per heavy atom. The number of unbranched alkanes of at least 4 members (excludes halogenated alkanes) is 1. The Labute approximate surface area is 177 Å². The molecule has 1 aliphatic heterocycles. The van der Waals surface area contributed by atoms with Gasteiger partial charge in [0.2, 0.25) is 0 Å². The highest BCUT2D eigenvalue weighted by Crippen LogP contribution is 2.01. The number of halogens is 1. The van der Waals surface area contributed by atoms with Crippen LogP contribution < -0.4 is 10.6 Å². The maximum atomic E-state index is 5.45. The highest BCUT2D eigenvalue weighted by atomic mass is 127. The third kappa shape index (κ3) is 14.0. The van der Waals surface area contributed by atoms with Gasteiger partial charge in [0.15, 0.2) is 5.96 Å². The van der Waals surface area contributed by atoms with E-state index in [1.807, 2.05) is 0 Å². The first-order chi connectivity index (χ1) is 12.3. The summed E-state index contributed by atoms with van der Waals surface area (Å²) in [5.41, 5.74) is 0. The molecule has 26 heavy (non-hydrogen) atoms. The molecular weight excluding hydrogens is 445 g/mol. The second-order valence-corrected chi connectivity index (χ2v) is 6.50. The van der Waals surface area contributed by atoms with Crippen LogP contribution in [0.5, 0.6) is 0 Å². The summed E-state index contributed by atoms with van der Waals surface area (Å²) >= 11 is 0. The van der Waals surface area contributed by atoms with Gasteiger partial charge in [-0.25, -0.2) is 0 Å². The smallest absolute Gasteiger partial charge is 0.191 e. The number of piperazine rings is 1. The van der Waals surface area contributed by atoms with Gasteiger partial charge in [-0.2, -0.15) is 0 Å². The largest absolute Gasteiger partial charge is 0.382 e. The Morgan fingerprint density at radius 3 is 2.46 bits per heavy atom. The van der Waals surface area contributed by atoms with Crippen molar-refractivity contribution in [3.63, 3.8) is 0 Å². The van der Waals surface area contributed by atoms with Crippen LogP contribution in [0.3, 0.4) is 0 Å². The van der Waals surface area contributed by atoms with Crippen LogP contribution in [0.25, 0.3) is 0 Å². The van der Waals surface area contributed by atoms with Crippen LogP contribution in [0.4, 0.5) is 0 Å². The van der Waals surface area contributed by atoms with Gasteiger partial charge in [0, 0.05) is 59.5 Å². The molecule has 156 valence electrons. The van der Waals surface area contributed by atoms with Crippen LogP contribution in [-0.4, -0.2) is 102 Å². The first-order valence-corrected chi connectivity index (χ1v) is 9.76. The fourth-order valence-electron chi connectivity index (χ4n) is 2.68.